The molecular weight excluding hydrogens is 230 g/mol. The van der Waals surface area contributed by atoms with Gasteiger partial charge in [-0.2, -0.15) is 0 Å². The Morgan fingerprint density at radius 2 is 2.29 bits per heavy atom. The van der Waals surface area contributed by atoms with Gasteiger partial charge in [0.25, 0.3) is 0 Å². The van der Waals surface area contributed by atoms with E-state index in [0.717, 1.165) is 0 Å². The van der Waals surface area contributed by atoms with Crippen LogP contribution in [0.4, 0.5) is 0 Å². The maximum atomic E-state index is 11.0. The fourth-order valence-corrected chi connectivity index (χ4v) is 2.02. The standard InChI is InChI=1S/C10H15NO6/c1-4-11-7-9(16-5(2)13)8(14)6(3-12)17-10(7)15-4/h6-10,12,14H,3H2,1-2H3. The van der Waals surface area contributed by atoms with Crippen molar-refractivity contribution in [2.75, 3.05) is 6.61 Å². The molecule has 0 aromatic carbocycles. The van der Waals surface area contributed by atoms with E-state index in [1.54, 1.807) is 6.92 Å². The first-order valence-electron chi connectivity index (χ1n) is 5.35. The Morgan fingerprint density at radius 3 is 2.88 bits per heavy atom. The highest BCUT2D eigenvalue weighted by Gasteiger charge is 2.50. The molecule has 5 unspecified atom stereocenters. The van der Waals surface area contributed by atoms with Gasteiger partial charge >= 0.3 is 5.97 Å². The highest BCUT2D eigenvalue weighted by molar-refractivity contribution is 5.75. The van der Waals surface area contributed by atoms with E-state index in [4.69, 9.17) is 19.3 Å². The van der Waals surface area contributed by atoms with Gasteiger partial charge in [0, 0.05) is 13.8 Å². The molecule has 0 aromatic heterocycles. The van der Waals surface area contributed by atoms with Gasteiger partial charge in [-0.15, -0.1) is 0 Å². The largest absolute Gasteiger partial charge is 0.457 e. The van der Waals surface area contributed by atoms with Crippen molar-refractivity contribution in [2.45, 2.75) is 44.5 Å². The van der Waals surface area contributed by atoms with Crippen molar-refractivity contribution >= 4 is 11.9 Å². The maximum Gasteiger partial charge on any atom is 0.303 e. The van der Waals surface area contributed by atoms with Gasteiger partial charge in [0.05, 0.1) is 6.61 Å². The van der Waals surface area contributed by atoms with Gasteiger partial charge in [0.15, 0.2) is 18.0 Å². The first-order valence-corrected chi connectivity index (χ1v) is 5.35. The molecular formula is C10H15NO6. The number of nitrogens with zero attached hydrogens (tertiary/aromatic N) is 1. The number of aliphatic hydroxyl groups is 2. The Morgan fingerprint density at radius 1 is 1.59 bits per heavy atom. The van der Waals surface area contributed by atoms with Crippen molar-refractivity contribution in [1.82, 2.24) is 0 Å². The van der Waals surface area contributed by atoms with Gasteiger partial charge in [0.2, 0.25) is 6.29 Å². The number of hydrogen-bond donors (Lipinski definition) is 2. The van der Waals surface area contributed by atoms with Crippen LogP contribution in [0.15, 0.2) is 4.99 Å². The number of ether oxygens (including phenoxy) is 3. The quantitative estimate of drug-likeness (QED) is 0.594. The number of aliphatic imine (C=N–C) groups is 1. The number of carbonyl (C=O) groups is 1. The van der Waals surface area contributed by atoms with Crippen molar-refractivity contribution in [3.63, 3.8) is 0 Å². The second-order valence-corrected chi connectivity index (χ2v) is 4.05. The first kappa shape index (κ1) is 12.3. The monoisotopic (exact) mass is 245 g/mol. The van der Waals surface area contributed by atoms with Crippen LogP contribution < -0.4 is 0 Å². The average molecular weight is 245 g/mol. The highest BCUT2D eigenvalue weighted by Crippen LogP contribution is 2.30. The van der Waals surface area contributed by atoms with Crippen LogP contribution in [-0.4, -0.2) is 59.3 Å². The molecule has 17 heavy (non-hydrogen) atoms. The fraction of sp³-hybridized carbons (Fsp3) is 0.800. The van der Waals surface area contributed by atoms with E-state index in [-0.39, 0.29) is 6.61 Å². The van der Waals surface area contributed by atoms with Crippen molar-refractivity contribution in [2.24, 2.45) is 4.99 Å². The molecule has 5 atom stereocenters. The molecule has 2 rings (SSSR count). The fourth-order valence-electron chi connectivity index (χ4n) is 2.02. The van der Waals surface area contributed by atoms with E-state index >= 15 is 0 Å². The summed E-state index contributed by atoms with van der Waals surface area (Å²) in [4.78, 5) is 15.1. The lowest BCUT2D eigenvalue weighted by Gasteiger charge is -2.38. The zero-order chi connectivity index (χ0) is 12.6. The summed E-state index contributed by atoms with van der Waals surface area (Å²) >= 11 is 0. The van der Waals surface area contributed by atoms with E-state index in [0.29, 0.717) is 5.90 Å². The second kappa shape index (κ2) is 4.59. The summed E-state index contributed by atoms with van der Waals surface area (Å²) in [6, 6.07) is -0.586. The van der Waals surface area contributed by atoms with Crippen LogP contribution in [0.5, 0.6) is 0 Å². The van der Waals surface area contributed by atoms with Gasteiger partial charge < -0.3 is 24.4 Å². The Balaban J connectivity index is 2.19. The summed E-state index contributed by atoms with van der Waals surface area (Å²) < 4.78 is 15.6. The minimum atomic E-state index is -1.12. The summed E-state index contributed by atoms with van der Waals surface area (Å²) in [5.74, 6) is -0.117. The first-order chi connectivity index (χ1) is 8.02. The molecule has 0 aromatic rings. The molecule has 0 bridgehead atoms. The lowest BCUT2D eigenvalue weighted by atomic mass is 9.97. The molecule has 2 N–H and O–H groups in total. The van der Waals surface area contributed by atoms with Gasteiger partial charge in [-0.3, -0.25) is 4.79 Å². The molecule has 96 valence electrons. The predicted octanol–water partition coefficient (Wildman–Crippen LogP) is -1.19. The second-order valence-electron chi connectivity index (χ2n) is 4.05. The summed E-state index contributed by atoms with van der Waals surface area (Å²) in [7, 11) is 0. The molecule has 0 radical (unpaired) electrons. The van der Waals surface area contributed by atoms with E-state index in [9.17, 15) is 9.90 Å². The third-order valence-electron chi connectivity index (χ3n) is 2.74. The molecule has 2 aliphatic rings. The predicted molar refractivity (Wildman–Crippen MR) is 55.3 cm³/mol. The number of aliphatic hydroxyl groups excluding tert-OH is 2. The van der Waals surface area contributed by atoms with Gasteiger partial charge in [-0.25, -0.2) is 4.99 Å². The molecule has 0 aliphatic carbocycles. The van der Waals surface area contributed by atoms with Crippen LogP contribution in [0, 0.1) is 0 Å². The number of esters is 1. The Bertz CT molecular complexity index is 344. The van der Waals surface area contributed by atoms with Gasteiger partial charge in [-0.1, -0.05) is 0 Å². The third kappa shape index (κ3) is 2.26. The SMILES string of the molecule is CC(=O)OC1C(O)C(CO)OC2OC(C)=NC21. The molecule has 0 spiro atoms. The van der Waals surface area contributed by atoms with Crippen molar-refractivity contribution in [3.05, 3.63) is 0 Å². The minimum absolute atomic E-state index is 0.384. The van der Waals surface area contributed by atoms with Crippen LogP contribution in [0.3, 0.4) is 0 Å². The van der Waals surface area contributed by atoms with Crippen LogP contribution >= 0.6 is 0 Å². The lowest BCUT2D eigenvalue weighted by Crippen LogP contribution is -2.58. The van der Waals surface area contributed by atoms with Crippen molar-refractivity contribution in [3.8, 4) is 0 Å². The molecule has 7 nitrogen and oxygen atoms in total. The lowest BCUT2D eigenvalue weighted by molar-refractivity contribution is -0.240. The van der Waals surface area contributed by atoms with Crippen LogP contribution in [0.2, 0.25) is 0 Å². The van der Waals surface area contributed by atoms with E-state index < -0.39 is 36.6 Å². The van der Waals surface area contributed by atoms with Crippen LogP contribution in [0.25, 0.3) is 0 Å². The molecule has 1 saturated heterocycles. The minimum Gasteiger partial charge on any atom is -0.457 e. The number of carbonyl (C=O) groups excluding carboxylic acids is 1. The summed E-state index contributed by atoms with van der Waals surface area (Å²) in [5, 5.41) is 19.0. The average Bonchev–Trinajstić information content (AvgIpc) is 2.62. The molecule has 7 heteroatoms. The zero-order valence-corrected chi connectivity index (χ0v) is 9.57. The molecule has 1 fully saturated rings. The zero-order valence-electron chi connectivity index (χ0n) is 9.57. The molecule has 0 saturated carbocycles. The molecule has 0 amide bonds. The highest BCUT2D eigenvalue weighted by atomic mass is 16.7. The number of hydrogen-bond acceptors (Lipinski definition) is 7. The van der Waals surface area contributed by atoms with Crippen molar-refractivity contribution in [1.29, 1.82) is 0 Å². The smallest absolute Gasteiger partial charge is 0.303 e. The van der Waals surface area contributed by atoms with E-state index in [1.165, 1.54) is 6.92 Å². The maximum absolute atomic E-state index is 11.0. The van der Waals surface area contributed by atoms with Crippen molar-refractivity contribution < 1.29 is 29.2 Å². The Hall–Kier alpha value is -1.18. The Labute approximate surface area is 98.0 Å². The molecule has 2 aliphatic heterocycles. The number of fused-ring (bicyclic) bond motifs is 1. The number of rotatable bonds is 2. The summed E-state index contributed by atoms with van der Waals surface area (Å²) in [6.45, 7) is 2.51. The summed E-state index contributed by atoms with van der Waals surface area (Å²) in [6.07, 6.45) is -3.55. The topological polar surface area (TPSA) is 97.6 Å². The van der Waals surface area contributed by atoms with Crippen LogP contribution in [-0.2, 0) is 19.0 Å². The van der Waals surface area contributed by atoms with E-state index in [2.05, 4.69) is 4.99 Å². The van der Waals surface area contributed by atoms with Gasteiger partial charge in [-0.05, 0) is 0 Å². The summed E-state index contributed by atoms with van der Waals surface area (Å²) in [5.41, 5.74) is 0. The van der Waals surface area contributed by atoms with Crippen LogP contribution in [0.1, 0.15) is 13.8 Å². The van der Waals surface area contributed by atoms with Gasteiger partial charge in [0.1, 0.15) is 12.2 Å². The normalized spacial score (nSPS) is 40.2. The third-order valence-corrected chi connectivity index (χ3v) is 2.74. The molecule has 2 heterocycles. The Kier molecular flexibility index (Phi) is 3.32. The van der Waals surface area contributed by atoms with E-state index in [1.807, 2.05) is 0 Å².